The Morgan fingerprint density at radius 3 is 2.19 bits per heavy atom. The van der Waals surface area contributed by atoms with Gasteiger partial charge in [0.25, 0.3) is 0 Å². The Kier molecular flexibility index (Phi) is 7.17. The minimum absolute atomic E-state index is 0.206. The fourth-order valence-electron chi connectivity index (χ4n) is 1.17. The second kappa shape index (κ2) is 8.91. The third-order valence-electron chi connectivity index (χ3n) is 2.02. The van der Waals surface area contributed by atoms with Crippen molar-refractivity contribution in [1.29, 1.82) is 0 Å². The summed E-state index contributed by atoms with van der Waals surface area (Å²) in [6.45, 7) is 1.29. The average Bonchev–Trinajstić information content (AvgIpc) is 2.46. The molecule has 7 heteroatoms. The molecule has 0 aromatic heterocycles. The maximum atomic E-state index is 11.4. The molecule has 1 aromatic rings. The Balaban J connectivity index is 2.34. The second-order valence-corrected chi connectivity index (χ2v) is 4.54. The Morgan fingerprint density at radius 1 is 1.05 bits per heavy atom. The molecule has 0 aliphatic carbocycles. The summed E-state index contributed by atoms with van der Waals surface area (Å²) in [7, 11) is 0. The normalized spacial score (nSPS) is 10.2. The van der Waals surface area contributed by atoms with Gasteiger partial charge in [-0.25, -0.2) is 14.4 Å². The summed E-state index contributed by atoms with van der Waals surface area (Å²) in [5.41, 5.74) is 0. The summed E-state index contributed by atoms with van der Waals surface area (Å²) in [4.78, 5) is 33.6. The zero-order valence-electron chi connectivity index (χ0n) is 11.2. The minimum atomic E-state index is -0.837. The van der Waals surface area contributed by atoms with E-state index in [1.54, 1.807) is 31.2 Å². The second-order valence-electron chi connectivity index (χ2n) is 3.62. The first-order chi connectivity index (χ1) is 10.0. The number of esters is 3. The third-order valence-corrected chi connectivity index (χ3v) is 2.55. The van der Waals surface area contributed by atoms with Crippen molar-refractivity contribution in [1.82, 2.24) is 0 Å². The van der Waals surface area contributed by atoms with Crippen LogP contribution in [0.25, 0.3) is 0 Å². The molecule has 0 bridgehead atoms. The maximum absolute atomic E-state index is 11.4. The van der Waals surface area contributed by atoms with Gasteiger partial charge in [0.15, 0.2) is 6.61 Å². The van der Waals surface area contributed by atoms with Gasteiger partial charge in [-0.05, 0) is 31.2 Å². The molecule has 0 saturated carbocycles. The van der Waals surface area contributed by atoms with Gasteiger partial charge in [-0.15, -0.1) is 0 Å². The van der Waals surface area contributed by atoms with Crippen LogP contribution in [0.1, 0.15) is 6.92 Å². The largest absolute Gasteiger partial charge is 0.463 e. The molecule has 0 aliphatic rings. The fraction of sp³-hybridized carbons (Fsp3) is 0.214. The van der Waals surface area contributed by atoms with E-state index in [-0.39, 0.29) is 6.61 Å². The molecule has 6 nitrogen and oxygen atoms in total. The first-order valence-electron chi connectivity index (χ1n) is 5.99. The lowest BCUT2D eigenvalue weighted by molar-refractivity contribution is -0.150. The van der Waals surface area contributed by atoms with Crippen LogP contribution in [0.3, 0.4) is 0 Å². The molecule has 0 fully saturated rings. The summed E-state index contributed by atoms with van der Waals surface area (Å²) < 4.78 is 15.0. The molecule has 0 radical (unpaired) electrons. The van der Waals surface area contributed by atoms with Crippen molar-refractivity contribution >= 4 is 33.8 Å². The lowest BCUT2D eigenvalue weighted by Gasteiger charge is -2.04. The summed E-state index contributed by atoms with van der Waals surface area (Å²) >= 11 is 3.25. The molecule has 0 aliphatic heterocycles. The van der Waals surface area contributed by atoms with Crippen molar-refractivity contribution in [3.05, 3.63) is 40.9 Å². The van der Waals surface area contributed by atoms with Crippen molar-refractivity contribution in [2.75, 3.05) is 13.2 Å². The first-order valence-corrected chi connectivity index (χ1v) is 6.78. The predicted molar refractivity (Wildman–Crippen MR) is 76.5 cm³/mol. The number of halogens is 1. The fourth-order valence-corrected chi connectivity index (χ4v) is 1.43. The lowest BCUT2D eigenvalue weighted by Crippen LogP contribution is -2.18. The predicted octanol–water partition coefficient (Wildman–Crippen LogP) is 2.02. The maximum Gasteiger partial charge on any atom is 0.349 e. The monoisotopic (exact) mass is 356 g/mol. The van der Waals surface area contributed by atoms with Crippen LogP contribution in [0.2, 0.25) is 0 Å². The van der Waals surface area contributed by atoms with E-state index in [1.165, 1.54) is 0 Å². The molecule has 1 rings (SSSR count). The molecule has 21 heavy (non-hydrogen) atoms. The topological polar surface area (TPSA) is 78.9 Å². The van der Waals surface area contributed by atoms with Crippen LogP contribution in [0.5, 0.6) is 5.75 Å². The summed E-state index contributed by atoms with van der Waals surface area (Å²) in [5.74, 6) is -1.89. The van der Waals surface area contributed by atoms with E-state index in [9.17, 15) is 14.4 Å². The van der Waals surface area contributed by atoms with E-state index >= 15 is 0 Å². The van der Waals surface area contributed by atoms with E-state index in [1.807, 2.05) is 0 Å². The highest BCUT2D eigenvalue weighted by atomic mass is 79.9. The number of hydrogen-bond acceptors (Lipinski definition) is 6. The standard InChI is InChI=1S/C14H13BrO6/c1-2-19-12(16)7-8-13(17)20-9-14(18)21-11-5-3-10(15)4-6-11/h3-8H,2,9H2,1H3. The SMILES string of the molecule is CCOC(=O)C=CC(=O)OCC(=O)Oc1ccc(Br)cc1. The molecule has 0 saturated heterocycles. The van der Waals surface area contributed by atoms with Crippen LogP contribution < -0.4 is 4.74 Å². The molecule has 0 atom stereocenters. The average molecular weight is 357 g/mol. The number of rotatable bonds is 6. The number of ether oxygens (including phenoxy) is 3. The van der Waals surface area contributed by atoms with E-state index in [2.05, 4.69) is 25.4 Å². The number of hydrogen-bond donors (Lipinski definition) is 0. The van der Waals surface area contributed by atoms with Gasteiger partial charge in [0, 0.05) is 16.6 Å². The molecule has 1 aromatic carbocycles. The van der Waals surface area contributed by atoms with Crippen LogP contribution in [-0.2, 0) is 23.9 Å². The summed E-state index contributed by atoms with van der Waals surface area (Å²) in [5, 5.41) is 0. The highest BCUT2D eigenvalue weighted by Gasteiger charge is 2.08. The van der Waals surface area contributed by atoms with Crippen LogP contribution >= 0.6 is 15.9 Å². The zero-order valence-corrected chi connectivity index (χ0v) is 12.8. The molecule has 112 valence electrons. The summed E-state index contributed by atoms with van der Waals surface area (Å²) in [6, 6.07) is 6.59. The van der Waals surface area contributed by atoms with Gasteiger partial charge in [0.1, 0.15) is 5.75 Å². The zero-order chi connectivity index (χ0) is 15.7. The van der Waals surface area contributed by atoms with Crippen molar-refractivity contribution < 1.29 is 28.6 Å². The van der Waals surface area contributed by atoms with Crippen molar-refractivity contribution in [3.8, 4) is 5.75 Å². The van der Waals surface area contributed by atoms with Crippen LogP contribution in [0.15, 0.2) is 40.9 Å². The Labute approximate surface area is 129 Å². The van der Waals surface area contributed by atoms with E-state index in [4.69, 9.17) is 4.74 Å². The van der Waals surface area contributed by atoms with Crippen LogP contribution in [0.4, 0.5) is 0 Å². The van der Waals surface area contributed by atoms with E-state index in [0.717, 1.165) is 16.6 Å². The number of benzene rings is 1. The van der Waals surface area contributed by atoms with Gasteiger partial charge in [0.05, 0.1) is 6.61 Å². The van der Waals surface area contributed by atoms with E-state index in [0.29, 0.717) is 5.75 Å². The Morgan fingerprint density at radius 2 is 1.62 bits per heavy atom. The van der Waals surface area contributed by atoms with Crippen molar-refractivity contribution in [3.63, 3.8) is 0 Å². The Bertz CT molecular complexity index is 535. The van der Waals surface area contributed by atoms with Crippen LogP contribution in [-0.4, -0.2) is 31.1 Å². The van der Waals surface area contributed by atoms with Gasteiger partial charge >= 0.3 is 17.9 Å². The molecule has 0 unspecified atom stereocenters. The van der Waals surface area contributed by atoms with Crippen molar-refractivity contribution in [2.45, 2.75) is 6.92 Å². The van der Waals surface area contributed by atoms with Crippen molar-refractivity contribution in [2.24, 2.45) is 0 Å². The molecule has 0 N–H and O–H groups in total. The number of carbonyl (C=O) groups is 3. The molecule has 0 amide bonds. The van der Waals surface area contributed by atoms with Gasteiger partial charge in [-0.2, -0.15) is 0 Å². The first kappa shape index (κ1) is 16.9. The smallest absolute Gasteiger partial charge is 0.349 e. The third kappa shape index (κ3) is 7.26. The van der Waals surface area contributed by atoms with Crippen LogP contribution in [0, 0.1) is 0 Å². The Hall–Kier alpha value is -2.15. The highest BCUT2D eigenvalue weighted by molar-refractivity contribution is 9.10. The van der Waals surface area contributed by atoms with Gasteiger partial charge in [-0.3, -0.25) is 0 Å². The molecule has 0 heterocycles. The molecular weight excluding hydrogens is 344 g/mol. The lowest BCUT2D eigenvalue weighted by atomic mass is 10.3. The minimum Gasteiger partial charge on any atom is -0.463 e. The van der Waals surface area contributed by atoms with E-state index < -0.39 is 24.5 Å². The quantitative estimate of drug-likeness (QED) is 0.440. The van der Waals surface area contributed by atoms with Gasteiger partial charge in [-0.1, -0.05) is 15.9 Å². The number of carbonyl (C=O) groups excluding carboxylic acids is 3. The molecular formula is C14H13BrO6. The summed E-state index contributed by atoms with van der Waals surface area (Å²) in [6.07, 6.45) is 1.80. The van der Waals surface area contributed by atoms with Gasteiger partial charge in [0.2, 0.25) is 0 Å². The van der Waals surface area contributed by atoms with Gasteiger partial charge < -0.3 is 14.2 Å². The highest BCUT2D eigenvalue weighted by Crippen LogP contribution is 2.16. The molecule has 0 spiro atoms.